The van der Waals surface area contributed by atoms with E-state index in [2.05, 4.69) is 6.58 Å². The lowest BCUT2D eigenvalue weighted by atomic mass is 10.1. The van der Waals surface area contributed by atoms with E-state index in [4.69, 9.17) is 10.8 Å². The molecule has 12 heavy (non-hydrogen) atoms. The molecule has 0 aliphatic heterocycles. The molecule has 0 aromatic heterocycles. The third-order valence-corrected chi connectivity index (χ3v) is 1.57. The molecule has 0 rings (SSSR count). The van der Waals surface area contributed by atoms with E-state index < -0.39 is 12.0 Å². The average Bonchev–Trinajstić information content (AvgIpc) is 1.98. The zero-order valence-corrected chi connectivity index (χ0v) is 7.04. The molecule has 4 nitrogen and oxygen atoms in total. The highest BCUT2D eigenvalue weighted by Crippen LogP contribution is 2.05. The molecular formula is C8H13NO3. The molecule has 0 aliphatic rings. The SMILES string of the molecule is C=C(CCC(N)C(=O)O)C(C)=O. The van der Waals surface area contributed by atoms with Crippen LogP contribution in [0.3, 0.4) is 0 Å². The van der Waals surface area contributed by atoms with Crippen LogP contribution in [0, 0.1) is 0 Å². The van der Waals surface area contributed by atoms with E-state index in [-0.39, 0.29) is 12.2 Å². The zero-order valence-electron chi connectivity index (χ0n) is 7.04. The molecule has 1 unspecified atom stereocenters. The topological polar surface area (TPSA) is 80.4 Å². The number of carboxylic acid groups (broad SMARTS) is 1. The summed E-state index contributed by atoms with van der Waals surface area (Å²) in [5, 5.41) is 8.39. The van der Waals surface area contributed by atoms with Crippen LogP contribution in [0.25, 0.3) is 0 Å². The van der Waals surface area contributed by atoms with Gasteiger partial charge in [0, 0.05) is 0 Å². The van der Waals surface area contributed by atoms with Gasteiger partial charge in [0.15, 0.2) is 5.78 Å². The van der Waals surface area contributed by atoms with Gasteiger partial charge in [-0.1, -0.05) is 6.58 Å². The molecule has 0 aromatic rings. The Labute approximate surface area is 71.1 Å². The number of ketones is 1. The Balaban J connectivity index is 3.76. The van der Waals surface area contributed by atoms with Crippen molar-refractivity contribution in [2.24, 2.45) is 5.73 Å². The molecule has 0 fully saturated rings. The molecule has 0 bridgehead atoms. The minimum atomic E-state index is -1.05. The second-order valence-corrected chi connectivity index (χ2v) is 2.64. The summed E-state index contributed by atoms with van der Waals surface area (Å²) in [5.41, 5.74) is 5.64. The third kappa shape index (κ3) is 3.88. The second kappa shape index (κ2) is 4.66. The van der Waals surface area contributed by atoms with E-state index in [0.717, 1.165) is 0 Å². The second-order valence-electron chi connectivity index (χ2n) is 2.64. The largest absolute Gasteiger partial charge is 0.480 e. The highest BCUT2D eigenvalue weighted by atomic mass is 16.4. The molecule has 0 aromatic carbocycles. The fourth-order valence-corrected chi connectivity index (χ4v) is 0.629. The fourth-order valence-electron chi connectivity index (χ4n) is 0.629. The summed E-state index contributed by atoms with van der Waals surface area (Å²) in [4.78, 5) is 20.9. The number of carboxylic acids is 1. The highest BCUT2D eigenvalue weighted by molar-refractivity contribution is 5.92. The van der Waals surface area contributed by atoms with E-state index in [1.165, 1.54) is 6.92 Å². The number of aliphatic carboxylic acids is 1. The molecule has 3 N–H and O–H groups in total. The van der Waals surface area contributed by atoms with Crippen molar-refractivity contribution in [3.63, 3.8) is 0 Å². The lowest BCUT2D eigenvalue weighted by Crippen LogP contribution is -2.30. The average molecular weight is 171 g/mol. The van der Waals surface area contributed by atoms with Crippen LogP contribution < -0.4 is 5.73 Å². The molecular weight excluding hydrogens is 158 g/mol. The van der Waals surface area contributed by atoms with Crippen LogP contribution in [0.1, 0.15) is 19.8 Å². The van der Waals surface area contributed by atoms with Crippen molar-refractivity contribution in [3.8, 4) is 0 Å². The van der Waals surface area contributed by atoms with Crippen molar-refractivity contribution in [2.45, 2.75) is 25.8 Å². The first-order valence-electron chi connectivity index (χ1n) is 3.62. The molecule has 0 radical (unpaired) electrons. The smallest absolute Gasteiger partial charge is 0.320 e. The number of carbonyl (C=O) groups is 2. The summed E-state index contributed by atoms with van der Waals surface area (Å²) in [6.45, 7) is 4.88. The summed E-state index contributed by atoms with van der Waals surface area (Å²) in [5.74, 6) is -1.17. The minimum Gasteiger partial charge on any atom is -0.480 e. The number of allylic oxidation sites excluding steroid dienone is 1. The number of nitrogens with two attached hydrogens (primary N) is 1. The first-order chi connectivity index (χ1) is 5.45. The maximum absolute atomic E-state index is 10.6. The third-order valence-electron chi connectivity index (χ3n) is 1.57. The van der Waals surface area contributed by atoms with E-state index in [1.54, 1.807) is 0 Å². The van der Waals surface area contributed by atoms with Crippen LogP contribution in [-0.2, 0) is 9.59 Å². The first-order valence-corrected chi connectivity index (χ1v) is 3.62. The number of carbonyl (C=O) groups excluding carboxylic acids is 1. The lowest BCUT2D eigenvalue weighted by molar-refractivity contribution is -0.138. The molecule has 0 heterocycles. The van der Waals surface area contributed by atoms with Gasteiger partial charge in [-0.25, -0.2) is 0 Å². The summed E-state index contributed by atoms with van der Waals surface area (Å²) >= 11 is 0. The number of Topliss-reactive ketones (excluding diaryl/α,β-unsaturated/α-hetero) is 1. The van der Waals surface area contributed by atoms with Gasteiger partial charge in [0.2, 0.25) is 0 Å². The van der Waals surface area contributed by atoms with Crippen LogP contribution in [-0.4, -0.2) is 22.9 Å². The van der Waals surface area contributed by atoms with Crippen molar-refractivity contribution in [2.75, 3.05) is 0 Å². The number of hydrogen-bond acceptors (Lipinski definition) is 3. The number of hydrogen-bond donors (Lipinski definition) is 2. The molecule has 0 aliphatic carbocycles. The fraction of sp³-hybridized carbons (Fsp3) is 0.500. The monoisotopic (exact) mass is 171 g/mol. The number of rotatable bonds is 5. The van der Waals surface area contributed by atoms with Crippen LogP contribution in [0.5, 0.6) is 0 Å². The summed E-state index contributed by atoms with van der Waals surface area (Å²) in [6.07, 6.45) is 0.608. The normalized spacial score (nSPS) is 12.2. The van der Waals surface area contributed by atoms with Crippen LogP contribution in [0.4, 0.5) is 0 Å². The van der Waals surface area contributed by atoms with E-state index in [9.17, 15) is 9.59 Å². The van der Waals surface area contributed by atoms with E-state index >= 15 is 0 Å². The quantitative estimate of drug-likeness (QED) is 0.584. The van der Waals surface area contributed by atoms with Crippen molar-refractivity contribution >= 4 is 11.8 Å². The highest BCUT2D eigenvalue weighted by Gasteiger charge is 2.12. The van der Waals surface area contributed by atoms with Gasteiger partial charge in [0.25, 0.3) is 0 Å². The lowest BCUT2D eigenvalue weighted by Gasteiger charge is -2.05. The predicted molar refractivity (Wildman–Crippen MR) is 44.7 cm³/mol. The van der Waals surface area contributed by atoms with Gasteiger partial charge in [-0.3, -0.25) is 9.59 Å². The van der Waals surface area contributed by atoms with Gasteiger partial charge in [-0.15, -0.1) is 0 Å². The van der Waals surface area contributed by atoms with E-state index in [0.29, 0.717) is 12.0 Å². The Hall–Kier alpha value is -1.16. The van der Waals surface area contributed by atoms with Crippen LogP contribution in [0.15, 0.2) is 12.2 Å². The standard InChI is InChI=1S/C8H13NO3/c1-5(6(2)10)3-4-7(9)8(11)12/h7H,1,3-4,9H2,2H3,(H,11,12). The van der Waals surface area contributed by atoms with Gasteiger partial charge in [-0.05, 0) is 25.3 Å². The van der Waals surface area contributed by atoms with Crippen molar-refractivity contribution in [1.29, 1.82) is 0 Å². The Morgan fingerprint density at radius 1 is 1.58 bits per heavy atom. The van der Waals surface area contributed by atoms with E-state index in [1.807, 2.05) is 0 Å². The minimum absolute atomic E-state index is 0.118. The maximum atomic E-state index is 10.6. The molecule has 68 valence electrons. The van der Waals surface area contributed by atoms with Crippen LogP contribution >= 0.6 is 0 Å². The molecule has 4 heteroatoms. The maximum Gasteiger partial charge on any atom is 0.320 e. The van der Waals surface area contributed by atoms with Gasteiger partial charge < -0.3 is 10.8 Å². The Morgan fingerprint density at radius 3 is 2.42 bits per heavy atom. The molecule has 0 saturated heterocycles. The summed E-state index contributed by atoms with van der Waals surface area (Å²) in [6, 6.07) is -0.902. The molecule has 0 amide bonds. The molecule has 1 atom stereocenters. The van der Waals surface area contributed by atoms with Crippen molar-refractivity contribution < 1.29 is 14.7 Å². The van der Waals surface area contributed by atoms with Crippen LogP contribution in [0.2, 0.25) is 0 Å². The Bertz CT molecular complexity index is 210. The Kier molecular flexibility index (Phi) is 4.21. The van der Waals surface area contributed by atoms with Gasteiger partial charge in [0.05, 0.1) is 0 Å². The first kappa shape index (κ1) is 10.8. The molecule has 0 saturated carbocycles. The van der Waals surface area contributed by atoms with Crippen molar-refractivity contribution in [3.05, 3.63) is 12.2 Å². The summed E-state index contributed by atoms with van der Waals surface area (Å²) in [7, 11) is 0. The van der Waals surface area contributed by atoms with Gasteiger partial charge in [-0.2, -0.15) is 0 Å². The summed E-state index contributed by atoms with van der Waals surface area (Å²) < 4.78 is 0. The molecule has 0 spiro atoms. The van der Waals surface area contributed by atoms with Gasteiger partial charge in [0.1, 0.15) is 6.04 Å². The zero-order chi connectivity index (χ0) is 9.72. The van der Waals surface area contributed by atoms with Crippen molar-refractivity contribution in [1.82, 2.24) is 0 Å². The predicted octanol–water partition coefficient (Wildman–Crippen LogP) is 0.324. The van der Waals surface area contributed by atoms with Gasteiger partial charge >= 0.3 is 5.97 Å². The Morgan fingerprint density at radius 2 is 2.08 bits per heavy atom.